The Labute approximate surface area is 164 Å². The van der Waals surface area contributed by atoms with Crippen LogP contribution in [-0.2, 0) is 11.2 Å². The molecule has 2 fully saturated rings. The van der Waals surface area contributed by atoms with Crippen molar-refractivity contribution in [3.63, 3.8) is 0 Å². The molecule has 4 nitrogen and oxygen atoms in total. The molecule has 0 unspecified atom stereocenters. The van der Waals surface area contributed by atoms with Crippen LogP contribution in [0.2, 0.25) is 0 Å². The van der Waals surface area contributed by atoms with E-state index >= 15 is 0 Å². The van der Waals surface area contributed by atoms with E-state index in [-0.39, 0.29) is 12.4 Å². The third-order valence-corrected chi connectivity index (χ3v) is 5.92. The van der Waals surface area contributed by atoms with Gasteiger partial charge >= 0.3 is 0 Å². The molecule has 0 atom stereocenters. The van der Waals surface area contributed by atoms with Crippen molar-refractivity contribution in [1.29, 1.82) is 0 Å². The van der Waals surface area contributed by atoms with E-state index in [9.17, 15) is 4.79 Å². The van der Waals surface area contributed by atoms with Crippen molar-refractivity contribution in [2.75, 3.05) is 32.7 Å². The molecule has 0 bridgehead atoms. The number of nitrogens with zero attached hydrogens (tertiary/aromatic N) is 2. The third kappa shape index (κ3) is 6.26. The van der Waals surface area contributed by atoms with Gasteiger partial charge in [0.25, 0.3) is 0 Å². The van der Waals surface area contributed by atoms with Crippen LogP contribution in [0, 0.1) is 12.8 Å². The van der Waals surface area contributed by atoms with Gasteiger partial charge in [-0.2, -0.15) is 0 Å². The minimum atomic E-state index is 0. The summed E-state index contributed by atoms with van der Waals surface area (Å²) in [6, 6.07) is 9.22. The highest BCUT2D eigenvalue weighted by atomic mass is 35.5. The van der Waals surface area contributed by atoms with Gasteiger partial charge in [-0.3, -0.25) is 9.69 Å². The standard InChI is InChI=1S/C21H33N3O.ClH/c1-17-2-4-18(5-3-17)6-7-19-8-14-24(15-9-19)21(25)16-23-12-10-20(22)11-13-23;/h2-5,19-20H,6-16,22H2,1H3;1H. The number of amides is 1. The normalized spacial score (nSPS) is 20.0. The molecule has 0 spiro atoms. The van der Waals surface area contributed by atoms with Gasteiger partial charge in [-0.05, 0) is 56.9 Å². The molecule has 0 radical (unpaired) electrons. The molecule has 0 saturated carbocycles. The predicted octanol–water partition coefficient (Wildman–Crippen LogP) is 3.01. The van der Waals surface area contributed by atoms with Crippen LogP contribution in [0.3, 0.4) is 0 Å². The molecule has 5 heteroatoms. The molecular weight excluding hydrogens is 346 g/mol. The lowest BCUT2D eigenvalue weighted by atomic mass is 9.90. The molecule has 2 heterocycles. The summed E-state index contributed by atoms with van der Waals surface area (Å²) in [4.78, 5) is 16.9. The molecule has 1 amide bonds. The molecule has 1 aromatic carbocycles. The van der Waals surface area contributed by atoms with Crippen molar-refractivity contribution in [3.05, 3.63) is 35.4 Å². The zero-order valence-corrected chi connectivity index (χ0v) is 16.8. The Hall–Kier alpha value is -1.10. The van der Waals surface area contributed by atoms with Crippen molar-refractivity contribution >= 4 is 18.3 Å². The van der Waals surface area contributed by atoms with E-state index in [1.54, 1.807) is 0 Å². The summed E-state index contributed by atoms with van der Waals surface area (Å²) in [6.45, 7) is 6.53. The lowest BCUT2D eigenvalue weighted by Crippen LogP contribution is -2.47. The van der Waals surface area contributed by atoms with Gasteiger partial charge in [0.15, 0.2) is 0 Å². The molecule has 146 valence electrons. The zero-order chi connectivity index (χ0) is 17.6. The SMILES string of the molecule is Cc1ccc(CCC2CCN(C(=O)CN3CCC(N)CC3)CC2)cc1.Cl. The number of carbonyl (C=O) groups excluding carboxylic acids is 1. The van der Waals surface area contributed by atoms with Crippen molar-refractivity contribution in [1.82, 2.24) is 9.80 Å². The predicted molar refractivity (Wildman–Crippen MR) is 110 cm³/mol. The third-order valence-electron chi connectivity index (χ3n) is 5.92. The Morgan fingerprint density at radius 2 is 1.65 bits per heavy atom. The van der Waals surface area contributed by atoms with E-state index in [4.69, 9.17) is 5.73 Å². The van der Waals surface area contributed by atoms with Gasteiger partial charge in [0.05, 0.1) is 6.54 Å². The summed E-state index contributed by atoms with van der Waals surface area (Å²) in [5.41, 5.74) is 8.70. The Morgan fingerprint density at radius 1 is 1.04 bits per heavy atom. The summed E-state index contributed by atoms with van der Waals surface area (Å²) in [5.74, 6) is 1.07. The lowest BCUT2D eigenvalue weighted by molar-refractivity contribution is -0.134. The molecule has 0 aliphatic carbocycles. The van der Waals surface area contributed by atoms with Crippen LogP contribution >= 0.6 is 12.4 Å². The summed E-state index contributed by atoms with van der Waals surface area (Å²) in [6.07, 6.45) is 6.76. The molecule has 2 N–H and O–H groups in total. The Kier molecular flexibility index (Phi) is 8.39. The van der Waals surface area contributed by atoms with Gasteiger partial charge in [0.1, 0.15) is 0 Å². The van der Waals surface area contributed by atoms with Crippen LogP contribution in [0.15, 0.2) is 24.3 Å². The monoisotopic (exact) mass is 379 g/mol. The van der Waals surface area contributed by atoms with E-state index in [0.717, 1.165) is 64.2 Å². The molecule has 0 aromatic heterocycles. The number of benzene rings is 1. The first-order chi connectivity index (χ1) is 12.1. The first-order valence-corrected chi connectivity index (χ1v) is 9.91. The fourth-order valence-corrected chi connectivity index (χ4v) is 4.00. The smallest absolute Gasteiger partial charge is 0.236 e. The van der Waals surface area contributed by atoms with Crippen molar-refractivity contribution in [3.8, 4) is 0 Å². The van der Waals surface area contributed by atoms with Crippen LogP contribution in [0.25, 0.3) is 0 Å². The Balaban J connectivity index is 0.00000243. The fraction of sp³-hybridized carbons (Fsp3) is 0.667. The van der Waals surface area contributed by atoms with Crippen LogP contribution in [0.4, 0.5) is 0 Å². The van der Waals surface area contributed by atoms with Gasteiger partial charge in [0.2, 0.25) is 5.91 Å². The van der Waals surface area contributed by atoms with E-state index in [0.29, 0.717) is 18.5 Å². The number of carbonyl (C=O) groups is 1. The summed E-state index contributed by atoms with van der Waals surface area (Å²) < 4.78 is 0. The molecule has 2 aliphatic heterocycles. The second kappa shape index (κ2) is 10.3. The number of nitrogens with two attached hydrogens (primary N) is 1. The average Bonchev–Trinajstić information content (AvgIpc) is 2.63. The van der Waals surface area contributed by atoms with Gasteiger partial charge in [-0.1, -0.05) is 29.8 Å². The van der Waals surface area contributed by atoms with Crippen LogP contribution < -0.4 is 5.73 Å². The second-order valence-electron chi connectivity index (χ2n) is 7.96. The number of aryl methyl sites for hydroxylation is 2. The minimum absolute atomic E-state index is 0. The Morgan fingerprint density at radius 3 is 2.27 bits per heavy atom. The molecule has 26 heavy (non-hydrogen) atoms. The van der Waals surface area contributed by atoms with Crippen LogP contribution in [-0.4, -0.2) is 54.5 Å². The second-order valence-corrected chi connectivity index (χ2v) is 7.96. The summed E-state index contributed by atoms with van der Waals surface area (Å²) >= 11 is 0. The minimum Gasteiger partial charge on any atom is -0.342 e. The number of likely N-dealkylation sites (tertiary alicyclic amines) is 2. The number of hydrogen-bond acceptors (Lipinski definition) is 3. The highest BCUT2D eigenvalue weighted by Crippen LogP contribution is 2.23. The highest BCUT2D eigenvalue weighted by Gasteiger charge is 2.25. The first kappa shape index (κ1) is 21.2. The van der Waals surface area contributed by atoms with Gasteiger partial charge in [-0.15, -0.1) is 12.4 Å². The van der Waals surface area contributed by atoms with E-state index in [2.05, 4.69) is 41.0 Å². The van der Waals surface area contributed by atoms with Crippen LogP contribution in [0.1, 0.15) is 43.2 Å². The van der Waals surface area contributed by atoms with Gasteiger partial charge in [0, 0.05) is 32.2 Å². The number of halogens is 1. The largest absolute Gasteiger partial charge is 0.342 e. The van der Waals surface area contributed by atoms with Gasteiger partial charge in [-0.25, -0.2) is 0 Å². The number of rotatable bonds is 5. The first-order valence-electron chi connectivity index (χ1n) is 9.91. The van der Waals surface area contributed by atoms with Crippen molar-refractivity contribution in [2.45, 2.75) is 51.5 Å². The van der Waals surface area contributed by atoms with Gasteiger partial charge < -0.3 is 10.6 Å². The van der Waals surface area contributed by atoms with E-state index < -0.39 is 0 Å². The molecule has 1 aromatic rings. The van der Waals surface area contributed by atoms with E-state index in [1.807, 2.05) is 0 Å². The summed E-state index contributed by atoms with van der Waals surface area (Å²) in [7, 11) is 0. The van der Waals surface area contributed by atoms with E-state index in [1.165, 1.54) is 17.5 Å². The quantitative estimate of drug-likeness (QED) is 0.855. The van der Waals surface area contributed by atoms with Crippen molar-refractivity contribution < 1.29 is 4.79 Å². The number of piperidine rings is 2. The maximum atomic E-state index is 12.5. The molecule has 3 rings (SSSR count). The maximum absolute atomic E-state index is 12.5. The summed E-state index contributed by atoms with van der Waals surface area (Å²) in [5, 5.41) is 0. The molecule has 2 saturated heterocycles. The van der Waals surface area contributed by atoms with Crippen LogP contribution in [0.5, 0.6) is 0 Å². The molecular formula is C21H34ClN3O. The fourth-order valence-electron chi connectivity index (χ4n) is 4.00. The highest BCUT2D eigenvalue weighted by molar-refractivity contribution is 5.85. The maximum Gasteiger partial charge on any atom is 0.236 e. The lowest BCUT2D eigenvalue weighted by Gasteiger charge is -2.35. The number of hydrogen-bond donors (Lipinski definition) is 1. The Bertz CT molecular complexity index is 547. The molecule has 2 aliphatic rings. The van der Waals surface area contributed by atoms with Crippen molar-refractivity contribution in [2.24, 2.45) is 11.7 Å². The zero-order valence-electron chi connectivity index (χ0n) is 16.0. The average molecular weight is 380 g/mol. The topological polar surface area (TPSA) is 49.6 Å².